The summed E-state index contributed by atoms with van der Waals surface area (Å²) in [6, 6.07) is 8.88. The Morgan fingerprint density at radius 3 is 2.67 bits per heavy atom. The molecule has 0 aliphatic heterocycles. The Bertz CT molecular complexity index is 332. The second kappa shape index (κ2) is 4.65. The molecule has 1 radical (unpaired) electrons. The summed E-state index contributed by atoms with van der Waals surface area (Å²) in [6.07, 6.45) is 7.42. The summed E-state index contributed by atoms with van der Waals surface area (Å²) in [6.45, 7) is 7.88. The first-order valence-electron chi connectivity index (χ1n) is 5.87. The molecule has 15 heavy (non-hydrogen) atoms. The van der Waals surface area contributed by atoms with Crippen molar-refractivity contribution >= 4 is 0 Å². The largest absolute Gasteiger partial charge is 0.102 e. The average Bonchev–Trinajstić information content (AvgIpc) is 2.82. The van der Waals surface area contributed by atoms with Crippen molar-refractivity contribution < 1.29 is 0 Å². The molecule has 0 nitrogen and oxygen atoms in total. The summed E-state index contributed by atoms with van der Waals surface area (Å²) in [5.74, 6) is 1.02. The van der Waals surface area contributed by atoms with Gasteiger partial charge in [-0.3, -0.25) is 0 Å². The molecule has 1 fully saturated rings. The molecule has 1 saturated carbocycles. The van der Waals surface area contributed by atoms with Gasteiger partial charge in [0.2, 0.25) is 0 Å². The molecule has 0 aromatic heterocycles. The summed E-state index contributed by atoms with van der Waals surface area (Å²) >= 11 is 0. The molecule has 2 rings (SSSR count). The van der Waals surface area contributed by atoms with Crippen molar-refractivity contribution in [3.63, 3.8) is 0 Å². The molecular weight excluding hydrogens is 180 g/mol. The number of benzene rings is 1. The van der Waals surface area contributed by atoms with E-state index in [4.69, 9.17) is 0 Å². The SMILES string of the molecule is [CH2]C(C=C)c1cccc(C2CCCC2)c1. The van der Waals surface area contributed by atoms with Crippen LogP contribution in [0.1, 0.15) is 48.6 Å². The molecule has 1 atom stereocenters. The van der Waals surface area contributed by atoms with Gasteiger partial charge in [-0.2, -0.15) is 0 Å². The van der Waals surface area contributed by atoms with Crippen molar-refractivity contribution in [2.45, 2.75) is 37.5 Å². The fraction of sp³-hybridized carbons (Fsp3) is 0.400. The molecule has 0 saturated heterocycles. The highest BCUT2D eigenvalue weighted by molar-refractivity contribution is 5.31. The van der Waals surface area contributed by atoms with Crippen LogP contribution in [0.15, 0.2) is 36.9 Å². The lowest BCUT2D eigenvalue weighted by Crippen LogP contribution is -1.95. The Hall–Kier alpha value is -1.04. The van der Waals surface area contributed by atoms with Crippen LogP contribution in [0.3, 0.4) is 0 Å². The van der Waals surface area contributed by atoms with E-state index >= 15 is 0 Å². The zero-order chi connectivity index (χ0) is 10.7. The van der Waals surface area contributed by atoms with Crippen LogP contribution in [-0.2, 0) is 0 Å². The standard InChI is InChI=1S/C15H19/c1-3-12(2)14-9-6-10-15(11-14)13-7-4-5-8-13/h3,6,9-13H,1-2,4-5,7-8H2. The van der Waals surface area contributed by atoms with Crippen LogP contribution >= 0.6 is 0 Å². The molecule has 0 N–H and O–H groups in total. The molecule has 1 aromatic rings. The smallest absolute Gasteiger partial charge is 0.00157 e. The Kier molecular flexibility index (Phi) is 3.25. The average molecular weight is 199 g/mol. The Morgan fingerprint density at radius 1 is 1.27 bits per heavy atom. The highest BCUT2D eigenvalue weighted by Gasteiger charge is 2.17. The lowest BCUT2D eigenvalue weighted by atomic mass is 9.92. The number of hydrogen-bond acceptors (Lipinski definition) is 0. The predicted molar refractivity (Wildman–Crippen MR) is 65.9 cm³/mol. The van der Waals surface area contributed by atoms with Gasteiger partial charge < -0.3 is 0 Å². The summed E-state index contributed by atoms with van der Waals surface area (Å²) < 4.78 is 0. The predicted octanol–water partition coefficient (Wildman–Crippen LogP) is 4.45. The molecule has 0 heteroatoms. The van der Waals surface area contributed by atoms with E-state index in [1.807, 2.05) is 6.08 Å². The summed E-state index contributed by atoms with van der Waals surface area (Å²) in [5.41, 5.74) is 2.80. The van der Waals surface area contributed by atoms with Gasteiger partial charge in [0, 0.05) is 5.92 Å². The Labute approximate surface area is 93.0 Å². The molecule has 1 aliphatic rings. The van der Waals surface area contributed by atoms with Gasteiger partial charge in [-0.15, -0.1) is 6.58 Å². The van der Waals surface area contributed by atoms with E-state index < -0.39 is 0 Å². The maximum Gasteiger partial charge on any atom is 0.00157 e. The van der Waals surface area contributed by atoms with Crippen molar-refractivity contribution in [2.75, 3.05) is 0 Å². The maximum absolute atomic E-state index is 4.08. The van der Waals surface area contributed by atoms with Crippen LogP contribution in [0.25, 0.3) is 0 Å². The minimum Gasteiger partial charge on any atom is -0.102 e. The van der Waals surface area contributed by atoms with Gasteiger partial charge in [0.05, 0.1) is 0 Å². The van der Waals surface area contributed by atoms with Gasteiger partial charge >= 0.3 is 0 Å². The van der Waals surface area contributed by atoms with Gasteiger partial charge in [0.1, 0.15) is 0 Å². The lowest BCUT2D eigenvalue weighted by Gasteiger charge is -2.13. The van der Waals surface area contributed by atoms with Gasteiger partial charge in [0.25, 0.3) is 0 Å². The van der Waals surface area contributed by atoms with Crippen LogP contribution in [-0.4, -0.2) is 0 Å². The van der Waals surface area contributed by atoms with Crippen LogP contribution in [0.4, 0.5) is 0 Å². The zero-order valence-corrected chi connectivity index (χ0v) is 9.28. The highest BCUT2D eigenvalue weighted by atomic mass is 14.2. The van der Waals surface area contributed by atoms with E-state index in [1.165, 1.54) is 36.8 Å². The Morgan fingerprint density at radius 2 is 2.00 bits per heavy atom. The third-order valence-electron chi connectivity index (χ3n) is 3.45. The molecule has 1 aromatic carbocycles. The van der Waals surface area contributed by atoms with Crippen LogP contribution in [0.2, 0.25) is 0 Å². The Balaban J connectivity index is 2.21. The van der Waals surface area contributed by atoms with Gasteiger partial charge in [-0.05, 0) is 36.8 Å². The van der Waals surface area contributed by atoms with Crippen molar-refractivity contribution in [3.05, 3.63) is 55.0 Å². The zero-order valence-electron chi connectivity index (χ0n) is 9.28. The summed E-state index contributed by atoms with van der Waals surface area (Å²) in [7, 11) is 0. The summed E-state index contributed by atoms with van der Waals surface area (Å²) in [5, 5.41) is 0. The first kappa shape index (κ1) is 10.5. The van der Waals surface area contributed by atoms with Crippen LogP contribution < -0.4 is 0 Å². The first-order chi connectivity index (χ1) is 7.31. The van der Waals surface area contributed by atoms with E-state index in [1.54, 1.807) is 0 Å². The first-order valence-corrected chi connectivity index (χ1v) is 5.87. The highest BCUT2D eigenvalue weighted by Crippen LogP contribution is 2.34. The molecule has 1 unspecified atom stereocenters. The maximum atomic E-state index is 4.08. The molecule has 0 bridgehead atoms. The third kappa shape index (κ3) is 2.31. The second-order valence-electron chi connectivity index (χ2n) is 4.49. The third-order valence-corrected chi connectivity index (χ3v) is 3.45. The van der Waals surface area contributed by atoms with Gasteiger partial charge in [0.15, 0.2) is 0 Å². The molecule has 0 amide bonds. The number of hydrogen-bond donors (Lipinski definition) is 0. The normalized spacial score (nSPS) is 19.0. The molecular formula is C15H19. The van der Waals surface area contributed by atoms with Crippen molar-refractivity contribution in [3.8, 4) is 0 Å². The topological polar surface area (TPSA) is 0 Å². The fourth-order valence-corrected chi connectivity index (χ4v) is 2.44. The van der Waals surface area contributed by atoms with E-state index in [0.29, 0.717) is 0 Å². The monoisotopic (exact) mass is 199 g/mol. The number of allylic oxidation sites excluding steroid dienone is 1. The summed E-state index contributed by atoms with van der Waals surface area (Å²) in [4.78, 5) is 0. The van der Waals surface area contributed by atoms with Gasteiger partial charge in [-0.25, -0.2) is 0 Å². The lowest BCUT2D eigenvalue weighted by molar-refractivity contribution is 0.721. The van der Waals surface area contributed by atoms with E-state index in [0.717, 1.165) is 5.92 Å². The molecule has 0 heterocycles. The van der Waals surface area contributed by atoms with Crippen molar-refractivity contribution in [2.24, 2.45) is 0 Å². The minimum atomic E-state index is 0.228. The van der Waals surface area contributed by atoms with Crippen LogP contribution in [0.5, 0.6) is 0 Å². The quantitative estimate of drug-likeness (QED) is 0.631. The van der Waals surface area contributed by atoms with Crippen LogP contribution in [0, 0.1) is 6.92 Å². The van der Waals surface area contributed by atoms with Gasteiger partial charge in [-0.1, -0.05) is 43.2 Å². The van der Waals surface area contributed by atoms with E-state index in [2.05, 4.69) is 37.8 Å². The second-order valence-corrected chi connectivity index (χ2v) is 4.49. The minimum absolute atomic E-state index is 0.228. The molecule has 0 spiro atoms. The fourth-order valence-electron chi connectivity index (χ4n) is 2.44. The van der Waals surface area contributed by atoms with Crippen molar-refractivity contribution in [1.29, 1.82) is 0 Å². The van der Waals surface area contributed by atoms with E-state index in [9.17, 15) is 0 Å². The van der Waals surface area contributed by atoms with Crippen molar-refractivity contribution in [1.82, 2.24) is 0 Å². The number of rotatable bonds is 3. The molecule has 79 valence electrons. The van der Waals surface area contributed by atoms with E-state index in [-0.39, 0.29) is 5.92 Å². The molecule has 1 aliphatic carbocycles.